The van der Waals surface area contributed by atoms with Crippen molar-refractivity contribution in [3.63, 3.8) is 0 Å². The predicted octanol–water partition coefficient (Wildman–Crippen LogP) is 4.46. The molecule has 2 aliphatic heterocycles. The molecule has 152 valence electrons. The Hall–Kier alpha value is -3.31. The maximum atomic E-state index is 11.3. The van der Waals surface area contributed by atoms with Crippen LogP contribution in [0.2, 0.25) is 0 Å². The molecule has 0 fully saturated rings. The second kappa shape index (κ2) is 7.84. The van der Waals surface area contributed by atoms with E-state index in [2.05, 4.69) is 29.2 Å². The number of nitrogens with zero attached hydrogens (tertiary/aromatic N) is 1. The van der Waals surface area contributed by atoms with Crippen LogP contribution in [0.3, 0.4) is 0 Å². The number of hydrogen-bond acceptors (Lipinski definition) is 4. The molecule has 0 radical (unpaired) electrons. The second-order valence-corrected chi connectivity index (χ2v) is 7.86. The molecular weight excluding hydrogens is 378 g/mol. The van der Waals surface area contributed by atoms with Crippen molar-refractivity contribution in [1.29, 1.82) is 0 Å². The average Bonchev–Trinajstić information content (AvgIpc) is 2.79. The van der Waals surface area contributed by atoms with Gasteiger partial charge in [-0.05, 0) is 52.9 Å². The molecule has 30 heavy (non-hydrogen) atoms. The van der Waals surface area contributed by atoms with Crippen LogP contribution in [-0.2, 0) is 19.5 Å². The first-order valence-electron chi connectivity index (χ1n) is 10.2. The summed E-state index contributed by atoms with van der Waals surface area (Å²) in [6.45, 7) is 3.08. The van der Waals surface area contributed by atoms with Crippen LogP contribution in [0.25, 0.3) is 0 Å². The maximum absolute atomic E-state index is 11.3. The first kappa shape index (κ1) is 18.7. The van der Waals surface area contributed by atoms with E-state index in [1.807, 2.05) is 36.4 Å². The standard InChI is InChI=1S/C25H23NO4/c27-25(28)20-10-9-18-11-12-26(15-21(18)13-20)14-17-5-7-19(8-6-17)24-16-29-22-3-1-2-4-23(22)30-24/h1-10,13,24H,11-12,14-16H2,(H,27,28). The third-order valence-electron chi connectivity index (χ3n) is 5.81. The second-order valence-electron chi connectivity index (χ2n) is 7.86. The Morgan fingerprint density at radius 1 is 1.00 bits per heavy atom. The molecule has 5 rings (SSSR count). The van der Waals surface area contributed by atoms with E-state index in [0.29, 0.717) is 12.2 Å². The van der Waals surface area contributed by atoms with Crippen molar-refractivity contribution < 1.29 is 19.4 Å². The van der Waals surface area contributed by atoms with Gasteiger partial charge in [-0.2, -0.15) is 0 Å². The molecule has 3 aromatic rings. The number of carboxylic acid groups (broad SMARTS) is 1. The van der Waals surface area contributed by atoms with Gasteiger partial charge < -0.3 is 14.6 Å². The summed E-state index contributed by atoms with van der Waals surface area (Å²) < 4.78 is 11.9. The molecule has 0 aliphatic carbocycles. The first-order chi connectivity index (χ1) is 14.7. The lowest BCUT2D eigenvalue weighted by Gasteiger charge is -2.29. The molecule has 1 unspecified atom stereocenters. The molecule has 0 amide bonds. The highest BCUT2D eigenvalue weighted by Gasteiger charge is 2.22. The molecule has 0 spiro atoms. The highest BCUT2D eigenvalue weighted by molar-refractivity contribution is 5.87. The van der Waals surface area contributed by atoms with Gasteiger partial charge in [0, 0.05) is 19.6 Å². The van der Waals surface area contributed by atoms with Crippen molar-refractivity contribution in [2.24, 2.45) is 0 Å². The van der Waals surface area contributed by atoms with Crippen LogP contribution in [0.5, 0.6) is 11.5 Å². The van der Waals surface area contributed by atoms with Gasteiger partial charge in [0.2, 0.25) is 0 Å². The minimum atomic E-state index is -0.873. The summed E-state index contributed by atoms with van der Waals surface area (Å²) in [4.78, 5) is 13.6. The molecule has 3 aromatic carbocycles. The number of rotatable bonds is 4. The number of carbonyl (C=O) groups is 1. The largest absolute Gasteiger partial charge is 0.485 e. The Morgan fingerprint density at radius 3 is 2.60 bits per heavy atom. The predicted molar refractivity (Wildman–Crippen MR) is 113 cm³/mol. The van der Waals surface area contributed by atoms with Gasteiger partial charge in [0.1, 0.15) is 6.61 Å². The van der Waals surface area contributed by atoms with E-state index < -0.39 is 5.97 Å². The SMILES string of the molecule is O=C(O)c1ccc2c(c1)CN(Cc1ccc(C3COc4ccccc4O3)cc1)CC2. The number of benzene rings is 3. The van der Waals surface area contributed by atoms with E-state index in [-0.39, 0.29) is 6.10 Å². The van der Waals surface area contributed by atoms with Crippen LogP contribution >= 0.6 is 0 Å². The molecule has 0 aromatic heterocycles. The third kappa shape index (κ3) is 3.76. The van der Waals surface area contributed by atoms with Gasteiger partial charge in [-0.1, -0.05) is 42.5 Å². The number of fused-ring (bicyclic) bond motifs is 2. The van der Waals surface area contributed by atoms with E-state index in [9.17, 15) is 9.90 Å². The summed E-state index contributed by atoms with van der Waals surface area (Å²) in [5, 5.41) is 9.24. The van der Waals surface area contributed by atoms with Crippen molar-refractivity contribution >= 4 is 5.97 Å². The van der Waals surface area contributed by atoms with Gasteiger partial charge in [-0.15, -0.1) is 0 Å². The molecule has 1 atom stereocenters. The molecule has 0 saturated heterocycles. The molecule has 1 N–H and O–H groups in total. The monoisotopic (exact) mass is 401 g/mol. The molecule has 5 heteroatoms. The van der Waals surface area contributed by atoms with Crippen LogP contribution in [0, 0.1) is 0 Å². The van der Waals surface area contributed by atoms with E-state index in [4.69, 9.17) is 9.47 Å². The first-order valence-corrected chi connectivity index (χ1v) is 10.2. The van der Waals surface area contributed by atoms with Gasteiger partial charge >= 0.3 is 5.97 Å². The van der Waals surface area contributed by atoms with Gasteiger partial charge in [-0.25, -0.2) is 4.79 Å². The van der Waals surface area contributed by atoms with E-state index in [1.165, 1.54) is 11.1 Å². The summed E-state index contributed by atoms with van der Waals surface area (Å²) in [5.41, 5.74) is 5.05. The lowest BCUT2D eigenvalue weighted by Crippen LogP contribution is -2.30. The molecule has 2 heterocycles. The molecule has 2 aliphatic rings. The van der Waals surface area contributed by atoms with Crippen molar-refractivity contribution in [1.82, 2.24) is 4.90 Å². The molecule has 0 saturated carbocycles. The Balaban J connectivity index is 1.25. The summed E-state index contributed by atoms with van der Waals surface area (Å²) in [5.74, 6) is 0.703. The Bertz CT molecular complexity index is 1080. The Kier molecular flexibility index (Phi) is 4.89. The van der Waals surface area contributed by atoms with E-state index in [1.54, 1.807) is 6.07 Å². The number of carboxylic acids is 1. The summed E-state index contributed by atoms with van der Waals surface area (Å²) in [6, 6.07) is 21.7. The zero-order valence-electron chi connectivity index (χ0n) is 16.6. The number of ether oxygens (including phenoxy) is 2. The minimum absolute atomic E-state index is 0.106. The van der Waals surface area contributed by atoms with Gasteiger partial charge in [-0.3, -0.25) is 4.90 Å². The summed E-state index contributed by atoms with van der Waals surface area (Å²) in [7, 11) is 0. The molecule has 0 bridgehead atoms. The molecule has 5 nitrogen and oxygen atoms in total. The van der Waals surface area contributed by atoms with Gasteiger partial charge in [0.15, 0.2) is 17.6 Å². The Labute approximate surface area is 175 Å². The quantitative estimate of drug-likeness (QED) is 0.700. The number of para-hydroxylation sites is 2. The van der Waals surface area contributed by atoms with Crippen LogP contribution in [0.15, 0.2) is 66.7 Å². The topological polar surface area (TPSA) is 59.0 Å². The van der Waals surface area contributed by atoms with E-state index >= 15 is 0 Å². The third-order valence-corrected chi connectivity index (χ3v) is 5.81. The normalized spacial score (nSPS) is 17.9. The fraction of sp³-hybridized carbons (Fsp3) is 0.240. The smallest absolute Gasteiger partial charge is 0.335 e. The van der Waals surface area contributed by atoms with Crippen molar-refractivity contribution in [3.8, 4) is 11.5 Å². The number of aromatic carboxylic acids is 1. The highest BCUT2D eigenvalue weighted by atomic mass is 16.6. The summed E-state index contributed by atoms with van der Waals surface area (Å²) >= 11 is 0. The minimum Gasteiger partial charge on any atom is -0.485 e. The average molecular weight is 401 g/mol. The molecular formula is C25H23NO4. The van der Waals surface area contributed by atoms with Crippen LogP contribution in [-0.4, -0.2) is 29.1 Å². The van der Waals surface area contributed by atoms with E-state index in [0.717, 1.165) is 48.7 Å². The fourth-order valence-corrected chi connectivity index (χ4v) is 4.16. The maximum Gasteiger partial charge on any atom is 0.335 e. The van der Waals surface area contributed by atoms with Crippen molar-refractivity contribution in [2.75, 3.05) is 13.2 Å². The number of hydrogen-bond donors (Lipinski definition) is 1. The lowest BCUT2D eigenvalue weighted by molar-refractivity contribution is 0.0696. The zero-order valence-corrected chi connectivity index (χ0v) is 16.6. The zero-order chi connectivity index (χ0) is 20.5. The van der Waals surface area contributed by atoms with Crippen LogP contribution < -0.4 is 9.47 Å². The van der Waals surface area contributed by atoms with Crippen molar-refractivity contribution in [3.05, 3.63) is 94.5 Å². The van der Waals surface area contributed by atoms with Gasteiger partial charge in [0.25, 0.3) is 0 Å². The highest BCUT2D eigenvalue weighted by Crippen LogP contribution is 2.36. The Morgan fingerprint density at radius 2 is 1.80 bits per heavy atom. The van der Waals surface area contributed by atoms with Crippen molar-refractivity contribution in [2.45, 2.75) is 25.6 Å². The summed E-state index contributed by atoms with van der Waals surface area (Å²) in [6.07, 6.45) is 0.838. The lowest BCUT2D eigenvalue weighted by atomic mass is 9.97. The van der Waals surface area contributed by atoms with Crippen LogP contribution in [0.1, 0.15) is 38.7 Å². The van der Waals surface area contributed by atoms with Crippen LogP contribution in [0.4, 0.5) is 0 Å². The fourth-order valence-electron chi connectivity index (χ4n) is 4.16. The van der Waals surface area contributed by atoms with Gasteiger partial charge in [0.05, 0.1) is 5.56 Å².